The van der Waals surface area contributed by atoms with E-state index in [0.717, 1.165) is 30.6 Å². The lowest BCUT2D eigenvalue weighted by Gasteiger charge is -2.41. The molecule has 0 saturated carbocycles. The van der Waals surface area contributed by atoms with Gasteiger partial charge in [-0.3, -0.25) is 9.59 Å². The summed E-state index contributed by atoms with van der Waals surface area (Å²) in [6.07, 6.45) is 4.91. The first-order valence-electron chi connectivity index (χ1n) is 11.4. The van der Waals surface area contributed by atoms with Crippen LogP contribution >= 0.6 is 11.3 Å². The smallest absolute Gasteiger partial charge is 0.252 e. The van der Waals surface area contributed by atoms with Crippen LogP contribution < -0.4 is 5.32 Å². The summed E-state index contributed by atoms with van der Waals surface area (Å²) in [7, 11) is -3.57. The molecule has 3 heterocycles. The highest BCUT2D eigenvalue weighted by molar-refractivity contribution is 7.91. The van der Waals surface area contributed by atoms with Gasteiger partial charge in [0.2, 0.25) is 11.8 Å². The molecular formula is C22H35N3O4S2. The average molecular weight is 470 g/mol. The van der Waals surface area contributed by atoms with Gasteiger partial charge in [0, 0.05) is 37.1 Å². The Kier molecular flexibility index (Phi) is 8.15. The molecule has 1 N–H and O–H groups in total. The molecule has 7 nitrogen and oxygen atoms in total. The summed E-state index contributed by atoms with van der Waals surface area (Å²) in [6, 6.07) is 3.53. The molecule has 0 spiro atoms. The van der Waals surface area contributed by atoms with E-state index in [2.05, 4.69) is 12.2 Å². The summed E-state index contributed by atoms with van der Waals surface area (Å²) in [4.78, 5) is 28.7. The van der Waals surface area contributed by atoms with Gasteiger partial charge < -0.3 is 10.2 Å². The Bertz CT molecular complexity index is 883. The van der Waals surface area contributed by atoms with E-state index < -0.39 is 10.0 Å². The van der Waals surface area contributed by atoms with Crippen LogP contribution in [0.1, 0.15) is 57.2 Å². The topological polar surface area (TPSA) is 86.8 Å². The number of thiophene rings is 1. The third-order valence-electron chi connectivity index (χ3n) is 6.41. The maximum atomic E-state index is 13.4. The summed E-state index contributed by atoms with van der Waals surface area (Å²) in [5, 5.41) is 2.99. The van der Waals surface area contributed by atoms with Crippen LogP contribution in [0.15, 0.2) is 16.3 Å². The van der Waals surface area contributed by atoms with E-state index in [1.165, 1.54) is 15.6 Å². The van der Waals surface area contributed by atoms with Crippen molar-refractivity contribution in [1.82, 2.24) is 14.5 Å². The highest BCUT2D eigenvalue weighted by atomic mass is 32.2. The molecule has 2 amide bonds. The average Bonchev–Trinajstić information content (AvgIpc) is 3.21. The van der Waals surface area contributed by atoms with Gasteiger partial charge in [0.15, 0.2) is 0 Å². The zero-order chi connectivity index (χ0) is 22.6. The zero-order valence-corrected chi connectivity index (χ0v) is 20.4. The molecule has 3 atom stereocenters. The fraction of sp³-hybridized carbons (Fsp3) is 0.727. The van der Waals surface area contributed by atoms with E-state index in [4.69, 9.17) is 0 Å². The second kappa shape index (κ2) is 10.4. The summed E-state index contributed by atoms with van der Waals surface area (Å²) >= 11 is 1.27. The van der Waals surface area contributed by atoms with E-state index >= 15 is 0 Å². The maximum Gasteiger partial charge on any atom is 0.252 e. The first-order valence-corrected chi connectivity index (χ1v) is 13.6. The number of piperidine rings is 2. The number of rotatable bonds is 7. The van der Waals surface area contributed by atoms with Gasteiger partial charge in [-0.2, -0.15) is 4.31 Å². The van der Waals surface area contributed by atoms with Crippen LogP contribution in [0, 0.1) is 18.8 Å². The molecule has 3 rings (SSSR count). The van der Waals surface area contributed by atoms with Gasteiger partial charge in [0.1, 0.15) is 4.21 Å². The van der Waals surface area contributed by atoms with Gasteiger partial charge >= 0.3 is 0 Å². The first kappa shape index (κ1) is 24.2. The lowest BCUT2D eigenvalue weighted by molar-refractivity contribution is -0.143. The summed E-state index contributed by atoms with van der Waals surface area (Å²) < 4.78 is 27.9. The fourth-order valence-electron chi connectivity index (χ4n) is 4.44. The van der Waals surface area contributed by atoms with Crippen molar-refractivity contribution in [3.63, 3.8) is 0 Å². The number of aryl methyl sites for hydroxylation is 1. The predicted molar refractivity (Wildman–Crippen MR) is 122 cm³/mol. The molecule has 0 bridgehead atoms. The molecule has 31 heavy (non-hydrogen) atoms. The molecule has 0 aromatic carbocycles. The van der Waals surface area contributed by atoms with Crippen LogP contribution in [0.4, 0.5) is 0 Å². The van der Waals surface area contributed by atoms with E-state index in [1.54, 1.807) is 6.07 Å². The van der Waals surface area contributed by atoms with E-state index in [0.29, 0.717) is 36.7 Å². The van der Waals surface area contributed by atoms with Crippen molar-refractivity contribution in [2.75, 3.05) is 26.2 Å². The predicted octanol–water partition coefficient (Wildman–Crippen LogP) is 3.00. The summed E-state index contributed by atoms with van der Waals surface area (Å²) in [5.74, 6) is -0.525. The Morgan fingerprint density at radius 3 is 2.61 bits per heavy atom. The third kappa shape index (κ3) is 5.68. The number of nitrogens with zero attached hydrogens (tertiary/aromatic N) is 2. The summed E-state index contributed by atoms with van der Waals surface area (Å²) in [5.41, 5.74) is 0. The third-order valence-corrected chi connectivity index (χ3v) is 9.74. The van der Waals surface area contributed by atoms with Crippen molar-refractivity contribution < 1.29 is 18.0 Å². The maximum absolute atomic E-state index is 13.4. The van der Waals surface area contributed by atoms with Gasteiger partial charge in [-0.05, 0) is 58.1 Å². The SMILES string of the molecule is CCCCNC(=O)C1CCC(C)N(C(=O)C2CCCN(S(=O)(=O)c3ccc(C)s3)C2)C1. The van der Waals surface area contributed by atoms with Gasteiger partial charge in [-0.15, -0.1) is 11.3 Å². The number of hydrogen-bond acceptors (Lipinski definition) is 5. The molecule has 1 aromatic rings. The van der Waals surface area contributed by atoms with Gasteiger partial charge in [-0.1, -0.05) is 13.3 Å². The molecule has 3 unspecified atom stereocenters. The zero-order valence-electron chi connectivity index (χ0n) is 18.8. The fourth-order valence-corrected chi connectivity index (χ4v) is 7.40. The Balaban J connectivity index is 1.66. The minimum atomic E-state index is -3.57. The molecule has 2 aliphatic rings. The van der Waals surface area contributed by atoms with Gasteiger partial charge in [-0.25, -0.2) is 8.42 Å². The monoisotopic (exact) mass is 469 g/mol. The number of hydrogen-bond donors (Lipinski definition) is 1. The van der Waals surface area contributed by atoms with Crippen LogP contribution in [-0.2, 0) is 19.6 Å². The van der Waals surface area contributed by atoms with E-state index in [-0.39, 0.29) is 36.2 Å². The van der Waals surface area contributed by atoms with Crippen LogP contribution in [0.2, 0.25) is 0 Å². The standard InChI is InChI=1S/C22H35N3O4S2/c1-4-5-12-23-21(26)18-10-8-16(2)25(15-18)22(27)19-7-6-13-24(14-19)31(28,29)20-11-9-17(3)30-20/h9,11,16,18-19H,4-8,10,12-15H2,1-3H3,(H,23,26). The highest BCUT2D eigenvalue weighted by Crippen LogP contribution is 2.31. The molecular weight excluding hydrogens is 434 g/mol. The Labute approximate surface area is 190 Å². The Hall–Kier alpha value is -1.45. The van der Waals surface area contributed by atoms with Crippen LogP contribution in [0.3, 0.4) is 0 Å². The number of sulfonamides is 1. The molecule has 1 aromatic heterocycles. The number of unbranched alkanes of at least 4 members (excludes halogenated alkanes) is 1. The second-order valence-corrected chi connectivity index (χ2v) is 12.3. The molecule has 2 aliphatic heterocycles. The van der Waals surface area contributed by atoms with E-state index in [9.17, 15) is 18.0 Å². The molecule has 0 aliphatic carbocycles. The van der Waals surface area contributed by atoms with Crippen molar-refractivity contribution in [1.29, 1.82) is 0 Å². The van der Waals surface area contributed by atoms with Crippen molar-refractivity contribution in [3.05, 3.63) is 17.0 Å². The molecule has 2 saturated heterocycles. The quantitative estimate of drug-likeness (QED) is 0.622. The largest absolute Gasteiger partial charge is 0.356 e. The number of carbonyl (C=O) groups is 2. The highest BCUT2D eigenvalue weighted by Gasteiger charge is 2.39. The molecule has 0 radical (unpaired) electrons. The lowest BCUT2D eigenvalue weighted by Crippen LogP contribution is -2.53. The number of nitrogens with one attached hydrogen (secondary N) is 1. The van der Waals surface area contributed by atoms with Crippen LogP contribution in [0.5, 0.6) is 0 Å². The lowest BCUT2D eigenvalue weighted by atomic mass is 9.90. The minimum Gasteiger partial charge on any atom is -0.356 e. The molecule has 2 fully saturated rings. The van der Waals surface area contributed by atoms with Gasteiger partial charge in [0.05, 0.1) is 11.8 Å². The summed E-state index contributed by atoms with van der Waals surface area (Å²) in [6.45, 7) is 7.75. The van der Waals surface area contributed by atoms with Gasteiger partial charge in [0.25, 0.3) is 10.0 Å². The number of amides is 2. The Morgan fingerprint density at radius 1 is 1.16 bits per heavy atom. The Morgan fingerprint density at radius 2 is 1.94 bits per heavy atom. The van der Waals surface area contributed by atoms with Crippen LogP contribution in [-0.4, -0.2) is 61.7 Å². The van der Waals surface area contributed by atoms with Crippen LogP contribution in [0.25, 0.3) is 0 Å². The molecule has 174 valence electrons. The number of carbonyl (C=O) groups excluding carboxylic acids is 2. The van der Waals surface area contributed by atoms with E-state index in [1.807, 2.05) is 24.8 Å². The minimum absolute atomic E-state index is 0.0131. The molecule has 9 heteroatoms. The first-order chi connectivity index (χ1) is 14.7. The van der Waals surface area contributed by atoms with Crippen molar-refractivity contribution in [2.45, 2.75) is 69.5 Å². The second-order valence-electron chi connectivity index (χ2n) is 8.83. The normalized spacial score (nSPS) is 25.4. The van der Waals surface area contributed by atoms with Crippen molar-refractivity contribution in [2.24, 2.45) is 11.8 Å². The van der Waals surface area contributed by atoms with Crippen molar-refractivity contribution >= 4 is 33.2 Å². The number of likely N-dealkylation sites (tertiary alicyclic amines) is 1. The van der Waals surface area contributed by atoms with Crippen molar-refractivity contribution in [3.8, 4) is 0 Å².